The molecule has 1 fully saturated rings. The van der Waals surface area contributed by atoms with Gasteiger partial charge in [-0.3, -0.25) is 9.69 Å². The molecule has 2 heterocycles. The Morgan fingerprint density at radius 3 is 2.77 bits per heavy atom. The Morgan fingerprint density at radius 2 is 1.92 bits per heavy atom. The van der Waals surface area contributed by atoms with Gasteiger partial charge in [0.25, 0.3) is 0 Å². The first-order chi connectivity index (χ1) is 12.6. The van der Waals surface area contributed by atoms with Crippen LogP contribution < -0.4 is 9.64 Å². The maximum absolute atomic E-state index is 12.8. The van der Waals surface area contributed by atoms with Gasteiger partial charge >= 0.3 is 5.97 Å². The molecule has 2 aliphatic rings. The Morgan fingerprint density at radius 1 is 1.15 bits per heavy atom. The van der Waals surface area contributed by atoms with E-state index in [1.54, 1.807) is 4.90 Å². The van der Waals surface area contributed by atoms with Crippen molar-refractivity contribution in [2.75, 3.05) is 18.1 Å². The zero-order valence-electron chi connectivity index (χ0n) is 14.4. The van der Waals surface area contributed by atoms with Crippen molar-refractivity contribution in [1.82, 2.24) is 0 Å². The summed E-state index contributed by atoms with van der Waals surface area (Å²) >= 11 is 1.41. The fourth-order valence-corrected chi connectivity index (χ4v) is 4.80. The van der Waals surface area contributed by atoms with Crippen molar-refractivity contribution in [1.29, 1.82) is 0 Å². The van der Waals surface area contributed by atoms with Crippen molar-refractivity contribution in [2.45, 2.75) is 29.5 Å². The molecule has 0 saturated carbocycles. The molecular weight excluding hydrogens is 350 g/mol. The zero-order valence-corrected chi connectivity index (χ0v) is 15.3. The number of anilines is 1. The van der Waals surface area contributed by atoms with Gasteiger partial charge in [-0.1, -0.05) is 42.1 Å². The SMILES string of the molecule is Cc1ccccc1OCCOC(=O)[C@]12CCC(=O)N1c1ccccc1S2. The van der Waals surface area contributed by atoms with Gasteiger partial charge in [0.1, 0.15) is 19.0 Å². The van der Waals surface area contributed by atoms with Crippen LogP contribution in [0.4, 0.5) is 5.69 Å². The summed E-state index contributed by atoms with van der Waals surface area (Å²) in [6, 6.07) is 15.3. The van der Waals surface area contributed by atoms with Crippen LogP contribution in [0, 0.1) is 6.92 Å². The Kier molecular flexibility index (Phi) is 4.36. The van der Waals surface area contributed by atoms with Gasteiger partial charge in [0.2, 0.25) is 5.91 Å². The Balaban J connectivity index is 1.42. The van der Waals surface area contributed by atoms with Crippen LogP contribution in [0.5, 0.6) is 5.75 Å². The molecule has 1 amide bonds. The van der Waals surface area contributed by atoms with Crippen LogP contribution >= 0.6 is 11.8 Å². The molecule has 2 aromatic carbocycles. The van der Waals surface area contributed by atoms with E-state index >= 15 is 0 Å². The number of thioether (sulfide) groups is 1. The number of esters is 1. The minimum atomic E-state index is -0.969. The second-order valence-electron chi connectivity index (χ2n) is 6.33. The third kappa shape index (κ3) is 2.74. The van der Waals surface area contributed by atoms with Crippen LogP contribution in [0.15, 0.2) is 53.4 Å². The van der Waals surface area contributed by atoms with Crippen molar-refractivity contribution in [3.05, 3.63) is 54.1 Å². The molecule has 0 bridgehead atoms. The lowest BCUT2D eigenvalue weighted by Gasteiger charge is -2.28. The molecule has 134 valence electrons. The number of hydrogen-bond acceptors (Lipinski definition) is 5. The maximum Gasteiger partial charge on any atom is 0.343 e. The topological polar surface area (TPSA) is 55.8 Å². The number of carbonyl (C=O) groups excluding carboxylic acids is 2. The Labute approximate surface area is 156 Å². The lowest BCUT2D eigenvalue weighted by molar-refractivity contribution is -0.147. The number of hydrogen-bond donors (Lipinski definition) is 0. The molecule has 1 atom stereocenters. The van der Waals surface area contributed by atoms with Crippen molar-refractivity contribution in [2.24, 2.45) is 0 Å². The molecule has 26 heavy (non-hydrogen) atoms. The number of carbonyl (C=O) groups is 2. The van der Waals surface area contributed by atoms with E-state index in [0.717, 1.165) is 21.9 Å². The average Bonchev–Trinajstić information content (AvgIpc) is 3.16. The van der Waals surface area contributed by atoms with Crippen LogP contribution in [0.1, 0.15) is 18.4 Å². The largest absolute Gasteiger partial charge is 0.490 e. The molecule has 4 rings (SSSR count). The van der Waals surface area contributed by atoms with E-state index in [9.17, 15) is 9.59 Å². The fourth-order valence-electron chi connectivity index (χ4n) is 3.39. The number of fused-ring (bicyclic) bond motifs is 3. The predicted octanol–water partition coefficient (Wildman–Crippen LogP) is 3.55. The van der Waals surface area contributed by atoms with Crippen LogP contribution in [-0.2, 0) is 14.3 Å². The van der Waals surface area contributed by atoms with Gasteiger partial charge in [0.05, 0.1) is 5.69 Å². The van der Waals surface area contributed by atoms with E-state index in [1.165, 1.54) is 11.8 Å². The first-order valence-corrected chi connectivity index (χ1v) is 9.40. The van der Waals surface area contributed by atoms with E-state index < -0.39 is 4.87 Å². The van der Waals surface area contributed by atoms with Crippen LogP contribution in [0.2, 0.25) is 0 Å². The molecule has 6 heteroatoms. The number of ether oxygens (including phenoxy) is 2. The number of amides is 1. The molecule has 0 N–H and O–H groups in total. The highest BCUT2D eigenvalue weighted by Crippen LogP contribution is 2.56. The monoisotopic (exact) mass is 369 g/mol. The summed E-state index contributed by atoms with van der Waals surface area (Å²) in [6.07, 6.45) is 0.818. The van der Waals surface area contributed by atoms with Crippen molar-refractivity contribution >= 4 is 29.3 Å². The van der Waals surface area contributed by atoms with E-state index in [0.29, 0.717) is 12.8 Å². The second-order valence-corrected chi connectivity index (χ2v) is 7.65. The van der Waals surface area contributed by atoms with E-state index in [2.05, 4.69) is 0 Å². The maximum atomic E-state index is 12.8. The molecule has 2 aliphatic heterocycles. The highest BCUT2D eigenvalue weighted by molar-refractivity contribution is 8.02. The van der Waals surface area contributed by atoms with Crippen molar-refractivity contribution in [3.8, 4) is 5.75 Å². The average molecular weight is 369 g/mol. The molecule has 1 saturated heterocycles. The molecular formula is C20H19NO4S. The third-order valence-electron chi connectivity index (χ3n) is 4.66. The number of para-hydroxylation sites is 2. The highest BCUT2D eigenvalue weighted by Gasteiger charge is 2.58. The predicted molar refractivity (Wildman–Crippen MR) is 99.4 cm³/mol. The number of aryl methyl sites for hydroxylation is 1. The fraction of sp³-hybridized carbons (Fsp3) is 0.300. The summed E-state index contributed by atoms with van der Waals surface area (Å²) in [5, 5.41) is 0. The minimum Gasteiger partial charge on any atom is -0.490 e. The normalized spacial score (nSPS) is 20.7. The standard InChI is InChI=1S/C20H19NO4S/c1-14-6-2-4-8-16(14)24-12-13-25-19(23)20-11-10-18(22)21(20)15-7-3-5-9-17(15)26-20/h2-9H,10-13H2,1H3/t20-/m1/s1. The third-order valence-corrected chi connectivity index (χ3v) is 6.12. The molecule has 0 aromatic heterocycles. The molecule has 0 unspecified atom stereocenters. The number of benzene rings is 2. The smallest absolute Gasteiger partial charge is 0.343 e. The summed E-state index contributed by atoms with van der Waals surface area (Å²) in [5.74, 6) is 0.371. The van der Waals surface area contributed by atoms with Gasteiger partial charge in [-0.25, -0.2) is 4.79 Å². The van der Waals surface area contributed by atoms with E-state index in [-0.39, 0.29) is 25.1 Å². The number of nitrogens with zero attached hydrogens (tertiary/aromatic N) is 1. The first kappa shape index (κ1) is 17.0. The molecule has 0 radical (unpaired) electrons. The van der Waals surface area contributed by atoms with Crippen LogP contribution in [0.3, 0.4) is 0 Å². The van der Waals surface area contributed by atoms with Crippen LogP contribution in [0.25, 0.3) is 0 Å². The zero-order chi connectivity index (χ0) is 18.1. The molecule has 5 nitrogen and oxygen atoms in total. The summed E-state index contributed by atoms with van der Waals surface area (Å²) < 4.78 is 11.2. The van der Waals surface area contributed by atoms with E-state index in [4.69, 9.17) is 9.47 Å². The summed E-state index contributed by atoms with van der Waals surface area (Å²) in [6.45, 7) is 2.39. The lowest BCUT2D eigenvalue weighted by atomic mass is 10.2. The second kappa shape index (κ2) is 6.68. The Bertz CT molecular complexity index is 868. The quantitative estimate of drug-likeness (QED) is 0.596. The Hall–Kier alpha value is -2.47. The highest BCUT2D eigenvalue weighted by atomic mass is 32.2. The van der Waals surface area contributed by atoms with Gasteiger partial charge in [-0.2, -0.15) is 0 Å². The number of rotatable bonds is 5. The van der Waals surface area contributed by atoms with Gasteiger partial charge in [-0.15, -0.1) is 0 Å². The van der Waals surface area contributed by atoms with Crippen molar-refractivity contribution in [3.63, 3.8) is 0 Å². The summed E-state index contributed by atoms with van der Waals surface area (Å²) in [7, 11) is 0. The molecule has 2 aromatic rings. The van der Waals surface area contributed by atoms with Crippen LogP contribution in [-0.4, -0.2) is 30.0 Å². The van der Waals surface area contributed by atoms with Gasteiger partial charge in [0, 0.05) is 17.7 Å². The lowest BCUT2D eigenvalue weighted by Crippen LogP contribution is -2.48. The van der Waals surface area contributed by atoms with Gasteiger partial charge in [-0.05, 0) is 30.7 Å². The van der Waals surface area contributed by atoms with Crippen molar-refractivity contribution < 1.29 is 19.1 Å². The summed E-state index contributed by atoms with van der Waals surface area (Å²) in [4.78, 5) is 26.8. The minimum absolute atomic E-state index is 0.0319. The molecule has 0 aliphatic carbocycles. The first-order valence-electron chi connectivity index (χ1n) is 8.58. The molecule has 0 spiro atoms. The van der Waals surface area contributed by atoms with Gasteiger partial charge < -0.3 is 9.47 Å². The van der Waals surface area contributed by atoms with Gasteiger partial charge in [0.15, 0.2) is 4.87 Å². The van der Waals surface area contributed by atoms with E-state index in [1.807, 2.05) is 55.5 Å². The summed E-state index contributed by atoms with van der Waals surface area (Å²) in [5.41, 5.74) is 1.83.